The van der Waals surface area contributed by atoms with Crippen LogP contribution in [0.2, 0.25) is 19.6 Å². The molecule has 5 rings (SSSR count). The molecule has 31 heavy (non-hydrogen) atoms. The first kappa shape index (κ1) is 19.8. The maximum Gasteiger partial charge on any atom is 0.213 e. The molecule has 0 aliphatic heterocycles. The van der Waals surface area contributed by atoms with Crippen LogP contribution in [0.5, 0.6) is 0 Å². The van der Waals surface area contributed by atoms with Crippen LogP contribution < -0.4 is 9.75 Å². The highest BCUT2D eigenvalue weighted by Crippen LogP contribution is 2.36. The van der Waals surface area contributed by atoms with Crippen molar-refractivity contribution < 1.29 is 8.98 Å². The van der Waals surface area contributed by atoms with Gasteiger partial charge in [0.1, 0.15) is 18.2 Å². The molecule has 0 unspecified atom stereocenters. The summed E-state index contributed by atoms with van der Waals surface area (Å²) >= 11 is 0. The monoisotopic (exact) mass is 422 g/mol. The van der Waals surface area contributed by atoms with Crippen LogP contribution in [-0.2, 0) is 7.05 Å². The van der Waals surface area contributed by atoms with Gasteiger partial charge in [0, 0.05) is 33.2 Å². The molecular formula is C28H28NOSi+. The third-order valence-corrected chi connectivity index (χ3v) is 8.21. The van der Waals surface area contributed by atoms with E-state index in [0.29, 0.717) is 0 Å². The summed E-state index contributed by atoms with van der Waals surface area (Å²) in [6.07, 6.45) is 2.35. The van der Waals surface area contributed by atoms with Crippen LogP contribution in [0.1, 0.15) is 5.56 Å². The van der Waals surface area contributed by atoms with E-state index in [1.165, 1.54) is 43.9 Å². The molecular weight excluding hydrogens is 394 g/mol. The molecule has 154 valence electrons. The van der Waals surface area contributed by atoms with Gasteiger partial charge >= 0.3 is 0 Å². The average molecular weight is 423 g/mol. The predicted octanol–water partition coefficient (Wildman–Crippen LogP) is 6.60. The van der Waals surface area contributed by atoms with Crippen molar-refractivity contribution in [2.24, 2.45) is 7.05 Å². The third kappa shape index (κ3) is 3.30. The van der Waals surface area contributed by atoms with Gasteiger partial charge in [0.25, 0.3) is 0 Å². The van der Waals surface area contributed by atoms with Crippen LogP contribution in [0.25, 0.3) is 44.3 Å². The normalized spacial score (nSPS) is 12.0. The van der Waals surface area contributed by atoms with Crippen LogP contribution in [0.4, 0.5) is 0 Å². The first-order valence-electron chi connectivity index (χ1n) is 10.9. The Kier molecular flexibility index (Phi) is 4.60. The van der Waals surface area contributed by atoms with E-state index in [2.05, 4.69) is 111 Å². The summed E-state index contributed by atoms with van der Waals surface area (Å²) in [5.41, 5.74) is 8.18. The second kappa shape index (κ2) is 7.21. The molecule has 0 atom stereocenters. The van der Waals surface area contributed by atoms with Gasteiger partial charge < -0.3 is 4.42 Å². The van der Waals surface area contributed by atoms with Crippen molar-refractivity contribution in [2.75, 3.05) is 0 Å². The third-order valence-electron chi connectivity index (χ3n) is 6.20. The molecule has 3 heteroatoms. The fourth-order valence-corrected chi connectivity index (χ4v) is 6.15. The molecule has 0 saturated heterocycles. The van der Waals surface area contributed by atoms with Gasteiger partial charge in [-0.05, 0) is 30.2 Å². The van der Waals surface area contributed by atoms with E-state index < -0.39 is 8.07 Å². The highest BCUT2D eigenvalue weighted by Gasteiger charge is 2.28. The van der Waals surface area contributed by atoms with Crippen molar-refractivity contribution in [3.05, 3.63) is 84.6 Å². The van der Waals surface area contributed by atoms with E-state index in [0.717, 1.165) is 11.2 Å². The highest BCUT2D eigenvalue weighted by atomic mass is 28.3. The van der Waals surface area contributed by atoms with Crippen molar-refractivity contribution in [1.29, 1.82) is 0 Å². The molecule has 3 aromatic carbocycles. The quantitative estimate of drug-likeness (QED) is 0.236. The maximum atomic E-state index is 6.41. The average Bonchev–Trinajstić information content (AvgIpc) is 3.12. The number of hydrogen-bond donors (Lipinski definition) is 0. The zero-order chi connectivity index (χ0) is 21.8. The zero-order valence-corrected chi connectivity index (χ0v) is 19.9. The Morgan fingerprint density at radius 1 is 0.742 bits per heavy atom. The molecule has 0 amide bonds. The molecule has 0 bridgehead atoms. The Bertz CT molecular complexity index is 1440. The molecule has 2 heterocycles. The molecule has 0 radical (unpaired) electrons. The summed E-state index contributed by atoms with van der Waals surface area (Å²) < 4.78 is 8.70. The number of benzene rings is 3. The highest BCUT2D eigenvalue weighted by molar-refractivity contribution is 6.89. The van der Waals surface area contributed by atoms with Gasteiger partial charge in [-0.25, -0.2) is 4.57 Å². The van der Waals surface area contributed by atoms with E-state index in [1.807, 2.05) is 6.07 Å². The van der Waals surface area contributed by atoms with Crippen molar-refractivity contribution in [3.8, 4) is 22.4 Å². The van der Waals surface area contributed by atoms with Crippen LogP contribution in [0, 0.1) is 6.92 Å². The van der Waals surface area contributed by atoms with Gasteiger partial charge in [-0.15, -0.1) is 0 Å². The molecule has 0 saturated carbocycles. The van der Waals surface area contributed by atoms with Crippen molar-refractivity contribution in [2.45, 2.75) is 26.6 Å². The first-order chi connectivity index (χ1) is 14.8. The SMILES string of the molecule is Cc1ccccc1-c1cc(-c2cccc3c2oc2ccccc23)c([Si](C)(C)C)c[n+]1C. The Hall–Kier alpha value is -3.17. The molecule has 0 aliphatic rings. The van der Waals surface area contributed by atoms with Crippen LogP contribution in [0.3, 0.4) is 0 Å². The predicted molar refractivity (Wildman–Crippen MR) is 133 cm³/mol. The Labute approximate surface area is 184 Å². The Morgan fingerprint density at radius 2 is 1.42 bits per heavy atom. The lowest BCUT2D eigenvalue weighted by Gasteiger charge is -2.20. The number of aryl methyl sites for hydroxylation is 2. The lowest BCUT2D eigenvalue weighted by atomic mass is 9.99. The molecule has 5 aromatic rings. The van der Waals surface area contributed by atoms with Crippen molar-refractivity contribution >= 4 is 35.2 Å². The standard InChI is InChI=1S/C28H28NOSi/c1-19-11-6-7-12-20(19)25-17-24(27(18-29(25)2)31(3,4)5)23-15-10-14-22-21-13-8-9-16-26(21)30-28(22)23/h6-18H,1-5H3/q+1. The van der Waals surface area contributed by atoms with E-state index >= 15 is 0 Å². The van der Waals surface area contributed by atoms with Gasteiger partial charge in [0.05, 0.1) is 8.07 Å². The second-order valence-corrected chi connectivity index (χ2v) is 14.5. The summed E-state index contributed by atoms with van der Waals surface area (Å²) in [4.78, 5) is 0. The Morgan fingerprint density at radius 3 is 2.19 bits per heavy atom. The van der Waals surface area contributed by atoms with Crippen LogP contribution in [0.15, 0.2) is 83.4 Å². The summed E-state index contributed by atoms with van der Waals surface area (Å²) in [7, 11) is 0.545. The number of fused-ring (bicyclic) bond motifs is 3. The fourth-order valence-electron chi connectivity index (χ4n) is 4.56. The molecule has 0 aliphatic carbocycles. The number of aromatic nitrogens is 1. The first-order valence-corrected chi connectivity index (χ1v) is 14.4. The van der Waals surface area contributed by atoms with E-state index in [1.54, 1.807) is 0 Å². The summed E-state index contributed by atoms with van der Waals surface area (Å²) in [5.74, 6) is 0. The number of rotatable bonds is 3. The molecule has 0 N–H and O–H groups in total. The smallest absolute Gasteiger partial charge is 0.213 e. The fraction of sp³-hybridized carbons (Fsp3) is 0.179. The number of furan rings is 1. The summed E-state index contributed by atoms with van der Waals surface area (Å²) in [6.45, 7) is 9.43. The van der Waals surface area contributed by atoms with Gasteiger partial charge in [0.15, 0.2) is 6.20 Å². The zero-order valence-electron chi connectivity index (χ0n) is 18.9. The van der Waals surface area contributed by atoms with Gasteiger partial charge in [0.2, 0.25) is 5.69 Å². The Balaban J connectivity index is 1.87. The number of hydrogen-bond acceptors (Lipinski definition) is 1. The molecule has 0 spiro atoms. The molecule has 0 fully saturated rings. The van der Waals surface area contributed by atoms with Gasteiger partial charge in [-0.2, -0.15) is 0 Å². The lowest BCUT2D eigenvalue weighted by molar-refractivity contribution is -0.659. The summed E-state index contributed by atoms with van der Waals surface area (Å²) in [5, 5.41) is 3.80. The lowest BCUT2D eigenvalue weighted by Crippen LogP contribution is -2.46. The number of nitrogens with zero attached hydrogens (tertiary/aromatic N) is 1. The molecule has 2 nitrogen and oxygen atoms in total. The summed E-state index contributed by atoms with van der Waals surface area (Å²) in [6, 6.07) is 25.9. The largest absolute Gasteiger partial charge is 0.455 e. The van der Waals surface area contributed by atoms with Crippen LogP contribution in [-0.4, -0.2) is 8.07 Å². The number of para-hydroxylation sites is 2. The van der Waals surface area contributed by atoms with Crippen molar-refractivity contribution in [1.82, 2.24) is 0 Å². The topological polar surface area (TPSA) is 17.0 Å². The number of pyridine rings is 1. The molecule has 2 aromatic heterocycles. The second-order valence-electron chi connectivity index (χ2n) is 9.44. The van der Waals surface area contributed by atoms with Gasteiger partial charge in [-0.1, -0.05) is 74.2 Å². The van der Waals surface area contributed by atoms with Crippen LogP contribution >= 0.6 is 0 Å². The van der Waals surface area contributed by atoms with Gasteiger partial charge in [-0.3, -0.25) is 0 Å². The minimum atomic E-state index is -1.62. The van der Waals surface area contributed by atoms with E-state index in [-0.39, 0.29) is 0 Å². The maximum absolute atomic E-state index is 6.41. The minimum absolute atomic E-state index is 0.945. The van der Waals surface area contributed by atoms with Crippen molar-refractivity contribution in [3.63, 3.8) is 0 Å². The minimum Gasteiger partial charge on any atom is -0.455 e. The van der Waals surface area contributed by atoms with E-state index in [9.17, 15) is 0 Å². The van der Waals surface area contributed by atoms with E-state index in [4.69, 9.17) is 4.42 Å².